The number of para-hydroxylation sites is 1. The van der Waals surface area contributed by atoms with Gasteiger partial charge in [-0.1, -0.05) is 6.07 Å². The van der Waals surface area contributed by atoms with Crippen LogP contribution in [-0.4, -0.2) is 39.5 Å². The van der Waals surface area contributed by atoms with Crippen LogP contribution in [0.25, 0.3) is 11.0 Å². The number of carboxylic acid groups (broad SMARTS) is 1. The van der Waals surface area contributed by atoms with Gasteiger partial charge in [-0.15, -0.1) is 0 Å². The van der Waals surface area contributed by atoms with Gasteiger partial charge in [-0.2, -0.15) is 17.6 Å². The Labute approximate surface area is 141 Å². The van der Waals surface area contributed by atoms with Crippen molar-refractivity contribution in [1.82, 2.24) is 9.97 Å². The summed E-state index contributed by atoms with van der Waals surface area (Å²) >= 11 is 8.79. The van der Waals surface area contributed by atoms with E-state index in [2.05, 4.69) is 26.3 Å². The zero-order chi connectivity index (χ0) is 18.7. The molecular formula is C12H8Cl2F4N2O4. The summed E-state index contributed by atoms with van der Waals surface area (Å²) in [5, 5.41) is -0.348. The molecule has 0 aliphatic carbocycles. The van der Waals surface area contributed by atoms with E-state index in [-0.39, 0.29) is 11.1 Å². The normalized spacial score (nSPS) is 11.6. The molecule has 0 saturated heterocycles. The van der Waals surface area contributed by atoms with Gasteiger partial charge in [0.15, 0.2) is 5.82 Å². The standard InChI is InChI=1S/C10H7ClF2N2O2.C2HClF2O2/c1-17-8(16)5-3-2-4-6-7(5)15-9(14-6)10(11,12)13;3-2(4,5)1(6)7/h2-4H,1H3,(H,14,15);(H,6,7). The Morgan fingerprint density at radius 3 is 2.21 bits per heavy atom. The first kappa shape index (κ1) is 20.0. The molecule has 12 heteroatoms. The second-order valence-electron chi connectivity index (χ2n) is 4.08. The molecule has 0 fully saturated rings. The molecule has 2 rings (SSSR count). The molecule has 1 aromatic carbocycles. The Bertz CT molecular complexity index is 756. The molecule has 0 unspecified atom stereocenters. The summed E-state index contributed by atoms with van der Waals surface area (Å²) in [6, 6.07) is 4.48. The van der Waals surface area contributed by atoms with E-state index in [1.165, 1.54) is 25.3 Å². The van der Waals surface area contributed by atoms with Crippen LogP contribution in [0, 0.1) is 0 Å². The molecule has 0 aliphatic heterocycles. The Morgan fingerprint density at radius 2 is 1.79 bits per heavy atom. The van der Waals surface area contributed by atoms with E-state index in [1.54, 1.807) is 0 Å². The van der Waals surface area contributed by atoms with Gasteiger partial charge < -0.3 is 14.8 Å². The van der Waals surface area contributed by atoms with Gasteiger partial charge in [-0.25, -0.2) is 14.6 Å². The first-order valence-electron chi connectivity index (χ1n) is 5.82. The number of nitrogens with one attached hydrogen (secondary N) is 1. The number of hydrogen-bond donors (Lipinski definition) is 2. The highest BCUT2D eigenvalue weighted by molar-refractivity contribution is 6.30. The molecular weight excluding hydrogens is 383 g/mol. The summed E-state index contributed by atoms with van der Waals surface area (Å²) in [6.45, 7) is 0. The number of imidazole rings is 1. The Morgan fingerprint density at radius 1 is 1.25 bits per heavy atom. The van der Waals surface area contributed by atoms with Crippen LogP contribution in [0.5, 0.6) is 0 Å². The fourth-order valence-electron chi connectivity index (χ4n) is 1.44. The number of hydrogen-bond acceptors (Lipinski definition) is 4. The molecule has 0 atom stereocenters. The predicted octanol–water partition coefficient (Wildman–Crippen LogP) is 3.54. The predicted molar refractivity (Wildman–Crippen MR) is 75.6 cm³/mol. The van der Waals surface area contributed by atoms with Crippen LogP contribution in [0.1, 0.15) is 16.2 Å². The van der Waals surface area contributed by atoms with E-state index >= 15 is 0 Å². The SMILES string of the molecule is COC(=O)c1cccc2[nH]c(C(F)(F)Cl)nc12.O=C(O)C(F)(F)Cl. The van der Waals surface area contributed by atoms with E-state index in [4.69, 9.17) is 21.5 Å². The molecule has 0 spiro atoms. The fourth-order valence-corrected chi connectivity index (χ4v) is 1.53. The number of aromatic nitrogens is 2. The van der Waals surface area contributed by atoms with E-state index in [9.17, 15) is 22.4 Å². The summed E-state index contributed by atoms with van der Waals surface area (Å²) in [6.07, 6.45) is 0. The Balaban J connectivity index is 0.000000351. The van der Waals surface area contributed by atoms with Crippen LogP contribution < -0.4 is 0 Å². The molecule has 0 bridgehead atoms. The molecule has 1 aromatic heterocycles. The Kier molecular flexibility index (Phi) is 6.01. The summed E-state index contributed by atoms with van der Waals surface area (Å²) in [5.74, 6) is -3.67. The van der Waals surface area contributed by atoms with Crippen LogP contribution in [0.2, 0.25) is 0 Å². The molecule has 2 N–H and O–H groups in total. The maximum atomic E-state index is 12.9. The van der Waals surface area contributed by atoms with Crippen LogP contribution in [-0.2, 0) is 14.9 Å². The number of esters is 1. The van der Waals surface area contributed by atoms with Crippen LogP contribution in [0.3, 0.4) is 0 Å². The number of aliphatic carboxylic acids is 1. The minimum absolute atomic E-state index is 0.105. The van der Waals surface area contributed by atoms with Crippen molar-refractivity contribution in [3.63, 3.8) is 0 Å². The number of carbonyl (C=O) groups excluding carboxylic acids is 1. The zero-order valence-corrected chi connectivity index (χ0v) is 13.1. The molecule has 0 saturated carbocycles. The number of alkyl halides is 6. The van der Waals surface area contributed by atoms with Gasteiger partial charge in [-0.05, 0) is 35.3 Å². The van der Waals surface area contributed by atoms with Crippen molar-refractivity contribution >= 4 is 46.2 Å². The number of H-pyrrole nitrogens is 1. The highest BCUT2D eigenvalue weighted by Crippen LogP contribution is 2.32. The van der Waals surface area contributed by atoms with Crippen LogP contribution >= 0.6 is 23.2 Å². The lowest BCUT2D eigenvalue weighted by atomic mass is 10.2. The van der Waals surface area contributed by atoms with E-state index in [1.807, 2.05) is 0 Å². The van der Waals surface area contributed by atoms with Crippen molar-refractivity contribution in [3.05, 3.63) is 29.6 Å². The topological polar surface area (TPSA) is 92.3 Å². The molecule has 0 amide bonds. The molecule has 2 aromatic rings. The first-order chi connectivity index (χ1) is 10.9. The third kappa shape index (κ3) is 4.96. The maximum absolute atomic E-state index is 12.9. The number of nitrogens with zero attached hydrogens (tertiary/aromatic N) is 1. The molecule has 132 valence electrons. The number of fused-ring (bicyclic) bond motifs is 1. The van der Waals surface area contributed by atoms with E-state index in [0.29, 0.717) is 5.52 Å². The van der Waals surface area contributed by atoms with Crippen LogP contribution in [0.15, 0.2) is 18.2 Å². The number of carbonyl (C=O) groups is 2. The average molecular weight is 391 g/mol. The fraction of sp³-hybridized carbons (Fsp3) is 0.250. The Hall–Kier alpha value is -2.07. The highest BCUT2D eigenvalue weighted by Gasteiger charge is 2.35. The number of carboxylic acids is 1. The third-order valence-electron chi connectivity index (χ3n) is 2.43. The third-order valence-corrected chi connectivity index (χ3v) is 2.77. The van der Waals surface area contributed by atoms with Gasteiger partial charge in [0.2, 0.25) is 0 Å². The lowest BCUT2D eigenvalue weighted by molar-refractivity contribution is -0.153. The van der Waals surface area contributed by atoms with Gasteiger partial charge in [0.25, 0.3) is 0 Å². The van der Waals surface area contributed by atoms with Gasteiger partial charge in [0, 0.05) is 0 Å². The average Bonchev–Trinajstić information content (AvgIpc) is 2.90. The van der Waals surface area contributed by atoms with Crippen molar-refractivity contribution in [3.8, 4) is 0 Å². The zero-order valence-electron chi connectivity index (χ0n) is 11.6. The number of methoxy groups -OCH3 is 1. The summed E-state index contributed by atoms with van der Waals surface area (Å²) in [4.78, 5) is 26.5. The van der Waals surface area contributed by atoms with Crippen molar-refractivity contribution in [2.75, 3.05) is 7.11 Å². The smallest absolute Gasteiger partial charge is 0.417 e. The molecule has 24 heavy (non-hydrogen) atoms. The summed E-state index contributed by atoms with van der Waals surface area (Å²) in [5.41, 5.74) is 0.506. The number of ether oxygens (including phenoxy) is 1. The minimum Gasteiger partial charge on any atom is -0.476 e. The number of benzene rings is 1. The summed E-state index contributed by atoms with van der Waals surface area (Å²) in [7, 11) is 1.20. The second-order valence-corrected chi connectivity index (χ2v) is 5.03. The second kappa shape index (κ2) is 7.22. The van der Waals surface area contributed by atoms with Crippen molar-refractivity contribution in [2.24, 2.45) is 0 Å². The first-order valence-corrected chi connectivity index (χ1v) is 6.58. The van der Waals surface area contributed by atoms with Gasteiger partial charge in [-0.3, -0.25) is 0 Å². The highest BCUT2D eigenvalue weighted by atomic mass is 35.5. The number of halogens is 6. The summed E-state index contributed by atoms with van der Waals surface area (Å²) < 4.78 is 52.3. The number of aromatic amines is 1. The van der Waals surface area contributed by atoms with E-state index in [0.717, 1.165) is 0 Å². The quantitative estimate of drug-likeness (QED) is 0.475. The van der Waals surface area contributed by atoms with Crippen molar-refractivity contribution in [2.45, 2.75) is 10.8 Å². The van der Waals surface area contributed by atoms with Crippen molar-refractivity contribution in [1.29, 1.82) is 0 Å². The van der Waals surface area contributed by atoms with Gasteiger partial charge in [0.1, 0.15) is 5.52 Å². The molecule has 0 aliphatic rings. The number of rotatable bonds is 3. The van der Waals surface area contributed by atoms with Gasteiger partial charge in [0.05, 0.1) is 18.2 Å². The largest absolute Gasteiger partial charge is 0.476 e. The minimum atomic E-state index is -4.11. The monoisotopic (exact) mass is 390 g/mol. The lowest BCUT2D eigenvalue weighted by Gasteiger charge is -2.01. The molecule has 1 heterocycles. The lowest BCUT2D eigenvalue weighted by Crippen LogP contribution is -2.19. The van der Waals surface area contributed by atoms with Crippen molar-refractivity contribution < 1.29 is 37.0 Å². The van der Waals surface area contributed by atoms with Gasteiger partial charge >= 0.3 is 22.7 Å². The maximum Gasteiger partial charge on any atom is 0.417 e. The molecule has 6 nitrogen and oxygen atoms in total. The molecule has 0 radical (unpaired) electrons. The van der Waals surface area contributed by atoms with Crippen LogP contribution in [0.4, 0.5) is 17.6 Å². The van der Waals surface area contributed by atoms with E-state index < -0.39 is 28.5 Å².